The summed E-state index contributed by atoms with van der Waals surface area (Å²) in [6, 6.07) is 4.49. The Bertz CT molecular complexity index is 829. The lowest BCUT2D eigenvalue weighted by Crippen LogP contribution is -2.17. The topological polar surface area (TPSA) is 72.8 Å². The van der Waals surface area contributed by atoms with Gasteiger partial charge in [0.1, 0.15) is 17.4 Å². The van der Waals surface area contributed by atoms with Crippen molar-refractivity contribution in [2.45, 2.75) is 5.16 Å². The van der Waals surface area contributed by atoms with Gasteiger partial charge in [0.05, 0.1) is 5.69 Å². The van der Waals surface area contributed by atoms with Gasteiger partial charge < -0.3 is 9.88 Å². The maximum atomic E-state index is 13.7. The molecule has 0 spiro atoms. The summed E-state index contributed by atoms with van der Waals surface area (Å²) in [6.45, 7) is 0. The van der Waals surface area contributed by atoms with Gasteiger partial charge in [-0.05, 0) is 34.3 Å². The van der Waals surface area contributed by atoms with Crippen LogP contribution < -0.4 is 10.5 Å². The number of hydrogen-bond acceptors (Lipinski definition) is 5. The monoisotopic (exact) mass is 382 g/mol. The number of nitrogens with one attached hydrogen (secondary N) is 1. The summed E-state index contributed by atoms with van der Waals surface area (Å²) >= 11 is 4.56. The van der Waals surface area contributed by atoms with Crippen molar-refractivity contribution in [1.29, 1.82) is 5.26 Å². The van der Waals surface area contributed by atoms with Crippen LogP contribution in [-0.2, 0) is 0 Å². The van der Waals surface area contributed by atoms with E-state index in [0.717, 1.165) is 0 Å². The molecular weight excluding hydrogens is 371 g/mol. The van der Waals surface area contributed by atoms with E-state index in [4.69, 9.17) is 0 Å². The van der Waals surface area contributed by atoms with E-state index in [0.29, 0.717) is 20.9 Å². The van der Waals surface area contributed by atoms with Gasteiger partial charge >= 0.3 is 0 Å². The Morgan fingerprint density at radius 1 is 1.45 bits per heavy atom. The number of aromatic nitrogens is 2. The Morgan fingerprint density at radius 3 is 2.68 bits per heavy atom. The minimum atomic E-state index is -0.516. The summed E-state index contributed by atoms with van der Waals surface area (Å²) in [5.74, 6) is -0.423. The minimum absolute atomic E-state index is 0.104. The molecule has 0 atom stereocenters. The molecule has 1 N–H and O–H groups in total. The Morgan fingerprint density at radius 2 is 2.14 bits per heavy atom. The minimum Gasteiger partial charge on any atom is -0.377 e. The molecule has 1 aromatic heterocycles. The van der Waals surface area contributed by atoms with Crippen LogP contribution in [0.2, 0.25) is 0 Å². The Hall–Kier alpha value is -1.85. The van der Waals surface area contributed by atoms with Gasteiger partial charge in [-0.3, -0.25) is 4.79 Å². The van der Waals surface area contributed by atoms with E-state index < -0.39 is 11.4 Å². The summed E-state index contributed by atoms with van der Waals surface area (Å²) in [7, 11) is 3.50. The van der Waals surface area contributed by atoms with Crippen LogP contribution in [0.1, 0.15) is 5.56 Å². The molecule has 0 amide bonds. The van der Waals surface area contributed by atoms with Crippen molar-refractivity contribution in [2.75, 3.05) is 25.3 Å². The van der Waals surface area contributed by atoms with Crippen LogP contribution in [0, 0.1) is 17.1 Å². The fourth-order valence-electron chi connectivity index (χ4n) is 1.98. The number of thioether (sulfide) groups is 1. The second-order valence-corrected chi connectivity index (χ2v) is 6.24. The highest BCUT2D eigenvalue weighted by molar-refractivity contribution is 9.10. The van der Waals surface area contributed by atoms with Gasteiger partial charge in [-0.25, -0.2) is 9.37 Å². The van der Waals surface area contributed by atoms with Crippen molar-refractivity contribution < 1.29 is 4.39 Å². The highest BCUT2D eigenvalue weighted by Crippen LogP contribution is 2.37. The van der Waals surface area contributed by atoms with Crippen LogP contribution in [0.25, 0.3) is 11.3 Å². The highest BCUT2D eigenvalue weighted by Gasteiger charge is 2.20. The average molecular weight is 383 g/mol. The number of benzene rings is 1. The van der Waals surface area contributed by atoms with Crippen molar-refractivity contribution in [3.63, 3.8) is 0 Å². The maximum absolute atomic E-state index is 13.7. The van der Waals surface area contributed by atoms with E-state index >= 15 is 0 Å². The smallest absolute Gasteiger partial charge is 0.270 e. The molecule has 0 fully saturated rings. The van der Waals surface area contributed by atoms with Crippen molar-refractivity contribution in [1.82, 2.24) is 9.97 Å². The number of rotatable bonds is 3. The first kappa shape index (κ1) is 16.5. The van der Waals surface area contributed by atoms with Crippen molar-refractivity contribution in [3.05, 3.63) is 38.3 Å². The predicted molar refractivity (Wildman–Crippen MR) is 88.8 cm³/mol. The first-order valence-electron chi connectivity index (χ1n) is 6.14. The zero-order chi connectivity index (χ0) is 16.4. The normalized spacial score (nSPS) is 10.4. The van der Waals surface area contributed by atoms with Gasteiger partial charge in [0.15, 0.2) is 5.16 Å². The van der Waals surface area contributed by atoms with Crippen molar-refractivity contribution in [3.8, 4) is 17.3 Å². The zero-order valence-corrected chi connectivity index (χ0v) is 14.5. The molecule has 0 unspecified atom stereocenters. The molecule has 1 heterocycles. The second-order valence-electron chi connectivity index (χ2n) is 4.59. The molecule has 0 saturated carbocycles. The van der Waals surface area contributed by atoms with Gasteiger partial charge in [-0.2, -0.15) is 5.26 Å². The Kier molecular flexibility index (Phi) is 4.88. The molecule has 5 nitrogen and oxygen atoms in total. The quantitative estimate of drug-likeness (QED) is 0.652. The molecule has 114 valence electrons. The molecule has 8 heteroatoms. The number of anilines is 1. The van der Waals surface area contributed by atoms with Crippen LogP contribution in [0.5, 0.6) is 0 Å². The summed E-state index contributed by atoms with van der Waals surface area (Å²) in [5, 5.41) is 9.67. The number of hydrogen-bond donors (Lipinski definition) is 1. The standard InChI is InChI=1S/C14H12BrFN4OS/c1-20(2)10-5-7(16)4-9(15)11(10)12-8(6-17)13(21)19-14(18-12)22-3/h4-5H,1-3H3,(H,18,19,21). The summed E-state index contributed by atoms with van der Waals surface area (Å²) < 4.78 is 14.1. The van der Waals surface area contributed by atoms with Crippen molar-refractivity contribution in [2.24, 2.45) is 0 Å². The number of nitriles is 1. The van der Waals surface area contributed by atoms with E-state index in [9.17, 15) is 14.4 Å². The van der Waals surface area contributed by atoms with Gasteiger partial charge in [-0.15, -0.1) is 0 Å². The van der Waals surface area contributed by atoms with Gasteiger partial charge in [0.25, 0.3) is 5.56 Å². The summed E-state index contributed by atoms with van der Waals surface area (Å²) in [6.07, 6.45) is 1.76. The molecule has 0 radical (unpaired) electrons. The molecule has 0 saturated heterocycles. The number of halogens is 2. The molecule has 2 rings (SSSR count). The Labute approximate surface area is 139 Å². The highest BCUT2D eigenvalue weighted by atomic mass is 79.9. The molecule has 1 aromatic carbocycles. The summed E-state index contributed by atoms with van der Waals surface area (Å²) in [4.78, 5) is 20.6. The fourth-order valence-corrected chi connectivity index (χ4v) is 2.97. The second kappa shape index (κ2) is 6.50. The van der Waals surface area contributed by atoms with Crippen molar-refractivity contribution >= 4 is 33.4 Å². The van der Waals surface area contributed by atoms with Crippen LogP contribution in [0.15, 0.2) is 26.6 Å². The maximum Gasteiger partial charge on any atom is 0.270 e. The lowest BCUT2D eigenvalue weighted by molar-refractivity contribution is 0.627. The zero-order valence-electron chi connectivity index (χ0n) is 12.1. The van der Waals surface area contributed by atoms with E-state index in [-0.39, 0.29) is 11.3 Å². The Balaban J connectivity index is 2.91. The SMILES string of the molecule is CSc1nc(-c2c(Br)cc(F)cc2N(C)C)c(C#N)c(=O)[nH]1. The largest absolute Gasteiger partial charge is 0.377 e. The van der Waals surface area contributed by atoms with Gasteiger partial charge in [0, 0.05) is 29.8 Å². The molecule has 22 heavy (non-hydrogen) atoms. The number of nitrogens with zero attached hydrogens (tertiary/aromatic N) is 3. The molecule has 0 aliphatic rings. The lowest BCUT2D eigenvalue weighted by Gasteiger charge is -2.19. The third-order valence-electron chi connectivity index (χ3n) is 2.96. The third kappa shape index (κ3) is 3.00. The average Bonchev–Trinajstić information content (AvgIpc) is 2.45. The number of aromatic amines is 1. The van der Waals surface area contributed by atoms with E-state index in [1.165, 1.54) is 23.9 Å². The molecule has 0 aliphatic carbocycles. The van der Waals surface area contributed by atoms with Crippen LogP contribution >= 0.6 is 27.7 Å². The fraction of sp³-hybridized carbons (Fsp3) is 0.214. The van der Waals surface area contributed by atoms with E-state index in [1.54, 1.807) is 25.3 Å². The molecule has 0 bridgehead atoms. The summed E-state index contributed by atoms with van der Waals surface area (Å²) in [5.41, 5.74) is 0.634. The lowest BCUT2D eigenvalue weighted by atomic mass is 10.0. The van der Waals surface area contributed by atoms with Crippen LogP contribution in [-0.4, -0.2) is 30.3 Å². The van der Waals surface area contributed by atoms with Gasteiger partial charge in [0.2, 0.25) is 0 Å². The molecule has 2 aromatic rings. The molecule has 0 aliphatic heterocycles. The van der Waals surface area contributed by atoms with Crippen LogP contribution in [0.3, 0.4) is 0 Å². The van der Waals surface area contributed by atoms with E-state index in [2.05, 4.69) is 25.9 Å². The number of H-pyrrole nitrogens is 1. The molecular formula is C14H12BrFN4OS. The van der Waals surface area contributed by atoms with E-state index in [1.807, 2.05) is 6.07 Å². The first-order valence-corrected chi connectivity index (χ1v) is 8.16. The van der Waals surface area contributed by atoms with Gasteiger partial charge in [-0.1, -0.05) is 11.8 Å². The predicted octanol–water partition coefficient (Wildman–Crippen LogP) is 3.00. The third-order valence-corrected chi connectivity index (χ3v) is 4.16. The van der Waals surface area contributed by atoms with Crippen LogP contribution in [0.4, 0.5) is 10.1 Å². The first-order chi connectivity index (χ1) is 10.4.